The molecule has 29 heavy (non-hydrogen) atoms. The molecule has 7 nitrogen and oxygen atoms in total. The average molecular weight is 394 g/mol. The Bertz CT molecular complexity index is 1060. The Morgan fingerprint density at radius 1 is 1.17 bits per heavy atom. The number of benzene rings is 2. The Labute approximate surface area is 168 Å². The number of amides is 1. The van der Waals surface area contributed by atoms with E-state index in [-0.39, 0.29) is 18.2 Å². The van der Waals surface area contributed by atoms with Gasteiger partial charge in [-0.05, 0) is 49.2 Å². The summed E-state index contributed by atoms with van der Waals surface area (Å²) in [5, 5.41) is 6.90. The van der Waals surface area contributed by atoms with Crippen LogP contribution < -0.4 is 19.5 Å². The number of methoxy groups -OCH3 is 2. The fourth-order valence-corrected chi connectivity index (χ4v) is 3.40. The number of rotatable bonds is 6. The minimum Gasteiger partial charge on any atom is -0.497 e. The highest BCUT2D eigenvalue weighted by atomic mass is 16.5. The zero-order valence-electron chi connectivity index (χ0n) is 16.6. The molecule has 0 radical (unpaired) electrons. The number of nitrogens with zero attached hydrogens (tertiary/aromatic N) is 1. The Kier molecular flexibility index (Phi) is 5.12. The van der Waals surface area contributed by atoms with Crippen LogP contribution in [0.5, 0.6) is 17.2 Å². The van der Waals surface area contributed by atoms with Crippen LogP contribution in [0.25, 0.3) is 11.3 Å². The van der Waals surface area contributed by atoms with E-state index in [1.54, 1.807) is 14.2 Å². The lowest BCUT2D eigenvalue weighted by atomic mass is 10.0. The Balaban J connectivity index is 1.47. The van der Waals surface area contributed by atoms with E-state index in [2.05, 4.69) is 10.5 Å². The molecule has 0 saturated heterocycles. The summed E-state index contributed by atoms with van der Waals surface area (Å²) in [6, 6.07) is 11.4. The maximum atomic E-state index is 12.7. The zero-order chi connectivity index (χ0) is 20.4. The lowest BCUT2D eigenvalue weighted by molar-refractivity contribution is 0.0943. The highest BCUT2D eigenvalue weighted by Gasteiger charge is 2.28. The van der Waals surface area contributed by atoms with Gasteiger partial charge in [-0.2, -0.15) is 0 Å². The second kappa shape index (κ2) is 7.87. The molecule has 2 aromatic carbocycles. The third-order valence-corrected chi connectivity index (χ3v) is 4.92. The lowest BCUT2D eigenvalue weighted by Crippen LogP contribution is -2.27. The second-order valence-corrected chi connectivity index (χ2v) is 6.81. The molecule has 1 aromatic heterocycles. The van der Waals surface area contributed by atoms with Crippen LogP contribution in [0.3, 0.4) is 0 Å². The van der Waals surface area contributed by atoms with E-state index < -0.39 is 0 Å². The van der Waals surface area contributed by atoms with Gasteiger partial charge in [-0.25, -0.2) is 0 Å². The van der Waals surface area contributed by atoms with Crippen LogP contribution in [-0.4, -0.2) is 31.8 Å². The first-order chi connectivity index (χ1) is 14.1. The van der Waals surface area contributed by atoms with Crippen LogP contribution in [0.1, 0.15) is 27.2 Å². The number of nitrogens with one attached hydrogen (secondary N) is 1. The molecule has 0 aliphatic carbocycles. The van der Waals surface area contributed by atoms with E-state index >= 15 is 0 Å². The van der Waals surface area contributed by atoms with Crippen LogP contribution in [-0.2, 0) is 13.0 Å². The monoisotopic (exact) mass is 394 g/mol. The van der Waals surface area contributed by atoms with Gasteiger partial charge in [0.1, 0.15) is 23.9 Å². The Hall–Kier alpha value is -3.48. The van der Waals surface area contributed by atoms with Gasteiger partial charge in [0.15, 0.2) is 11.5 Å². The fourth-order valence-electron chi connectivity index (χ4n) is 3.40. The van der Waals surface area contributed by atoms with Gasteiger partial charge in [-0.15, -0.1) is 0 Å². The summed E-state index contributed by atoms with van der Waals surface area (Å²) in [5.74, 6) is 2.52. The summed E-state index contributed by atoms with van der Waals surface area (Å²) in [6.45, 7) is 2.66. The van der Waals surface area contributed by atoms with Crippen LogP contribution in [0, 0.1) is 6.92 Å². The minimum absolute atomic E-state index is 0.251. The van der Waals surface area contributed by atoms with Gasteiger partial charge in [0.25, 0.3) is 5.91 Å². The molecule has 2 heterocycles. The van der Waals surface area contributed by atoms with Crippen molar-refractivity contribution in [1.82, 2.24) is 10.5 Å². The van der Waals surface area contributed by atoms with Gasteiger partial charge >= 0.3 is 0 Å². The normalized spacial score (nSPS) is 11.8. The highest BCUT2D eigenvalue weighted by Crippen LogP contribution is 2.39. The Morgan fingerprint density at radius 2 is 2.03 bits per heavy atom. The van der Waals surface area contributed by atoms with Gasteiger partial charge in [0, 0.05) is 6.54 Å². The maximum Gasteiger partial charge on any atom is 0.273 e. The summed E-state index contributed by atoms with van der Waals surface area (Å²) >= 11 is 0. The van der Waals surface area contributed by atoms with Gasteiger partial charge in [0.2, 0.25) is 0 Å². The average Bonchev–Trinajstić information content (AvgIpc) is 3.18. The summed E-state index contributed by atoms with van der Waals surface area (Å²) < 4.78 is 21.9. The number of fused-ring (bicyclic) bond motifs is 3. The first-order valence-electron chi connectivity index (χ1n) is 9.32. The number of hydrogen-bond acceptors (Lipinski definition) is 6. The number of aryl methyl sites for hydroxylation is 1. The molecule has 1 aliphatic heterocycles. The first-order valence-corrected chi connectivity index (χ1v) is 9.32. The zero-order valence-corrected chi connectivity index (χ0v) is 16.6. The lowest BCUT2D eigenvalue weighted by Gasteiger charge is -2.16. The van der Waals surface area contributed by atoms with Crippen LogP contribution >= 0.6 is 0 Å². The topological polar surface area (TPSA) is 82.8 Å². The fraction of sp³-hybridized carbons (Fsp3) is 0.273. The molecule has 1 aliphatic rings. The maximum absolute atomic E-state index is 12.7. The molecule has 0 saturated carbocycles. The van der Waals surface area contributed by atoms with E-state index in [1.807, 2.05) is 43.3 Å². The van der Waals surface area contributed by atoms with Gasteiger partial charge < -0.3 is 24.1 Å². The molecule has 7 heteroatoms. The van der Waals surface area contributed by atoms with Crippen LogP contribution in [0.15, 0.2) is 40.9 Å². The summed E-state index contributed by atoms with van der Waals surface area (Å²) in [5.41, 5.74) is 3.76. The minimum atomic E-state index is -0.295. The highest BCUT2D eigenvalue weighted by molar-refractivity contribution is 5.95. The van der Waals surface area contributed by atoms with Crippen molar-refractivity contribution in [3.63, 3.8) is 0 Å². The van der Waals surface area contributed by atoms with Crippen molar-refractivity contribution in [3.8, 4) is 28.6 Å². The van der Waals surface area contributed by atoms with E-state index in [0.717, 1.165) is 33.9 Å². The van der Waals surface area contributed by atoms with E-state index in [4.69, 9.17) is 18.7 Å². The predicted octanol–water partition coefficient (Wildman–Crippen LogP) is 3.53. The quantitative estimate of drug-likeness (QED) is 0.689. The molecule has 1 N–H and O–H groups in total. The van der Waals surface area contributed by atoms with Gasteiger partial charge in [-0.3, -0.25) is 4.79 Å². The number of hydrogen-bond donors (Lipinski definition) is 1. The van der Waals surface area contributed by atoms with Crippen molar-refractivity contribution >= 4 is 5.91 Å². The number of carbonyl (C=O) groups is 1. The van der Waals surface area contributed by atoms with Crippen molar-refractivity contribution in [2.24, 2.45) is 0 Å². The largest absolute Gasteiger partial charge is 0.497 e. The van der Waals surface area contributed by atoms with Crippen LogP contribution in [0.2, 0.25) is 0 Å². The molecule has 0 fully saturated rings. The van der Waals surface area contributed by atoms with Crippen molar-refractivity contribution in [2.45, 2.75) is 20.0 Å². The van der Waals surface area contributed by atoms with Crippen LogP contribution in [0.4, 0.5) is 0 Å². The number of ether oxygens (including phenoxy) is 3. The van der Waals surface area contributed by atoms with Gasteiger partial charge in [-0.1, -0.05) is 16.8 Å². The summed E-state index contributed by atoms with van der Waals surface area (Å²) in [6.07, 6.45) is 0.588. The van der Waals surface area contributed by atoms with E-state index in [0.29, 0.717) is 24.3 Å². The molecule has 150 valence electrons. The SMILES string of the molecule is COc1ccc(OC)c(CCNC(=O)c2noc3c2COc2ccc(C)cc2-3)c1. The molecule has 3 aromatic rings. The number of carbonyl (C=O) groups excluding carboxylic acids is 1. The molecular formula is C22H22N2O5. The number of aromatic nitrogens is 1. The van der Waals surface area contributed by atoms with E-state index in [9.17, 15) is 4.79 Å². The third kappa shape index (κ3) is 3.63. The molecule has 4 rings (SSSR count). The molecule has 0 atom stereocenters. The standard InChI is InChI=1S/C22H22N2O5/c1-13-4-6-19-16(10-13)21-17(12-28-19)20(24-29-21)22(25)23-9-8-14-11-15(26-2)5-7-18(14)27-3/h4-7,10-11H,8-9,12H2,1-3H3,(H,23,25). The summed E-state index contributed by atoms with van der Waals surface area (Å²) in [7, 11) is 3.23. The van der Waals surface area contributed by atoms with Gasteiger partial charge in [0.05, 0.1) is 25.3 Å². The molecule has 0 unspecified atom stereocenters. The van der Waals surface area contributed by atoms with Crippen molar-refractivity contribution in [1.29, 1.82) is 0 Å². The van der Waals surface area contributed by atoms with E-state index in [1.165, 1.54) is 0 Å². The second-order valence-electron chi connectivity index (χ2n) is 6.81. The summed E-state index contributed by atoms with van der Waals surface area (Å²) in [4.78, 5) is 12.7. The third-order valence-electron chi connectivity index (χ3n) is 4.92. The molecule has 0 bridgehead atoms. The Morgan fingerprint density at radius 3 is 2.83 bits per heavy atom. The molecule has 1 amide bonds. The van der Waals surface area contributed by atoms with Crippen molar-refractivity contribution in [2.75, 3.05) is 20.8 Å². The molecular weight excluding hydrogens is 372 g/mol. The first kappa shape index (κ1) is 18.9. The van der Waals surface area contributed by atoms with Crippen molar-refractivity contribution in [3.05, 3.63) is 58.8 Å². The predicted molar refractivity (Wildman–Crippen MR) is 107 cm³/mol. The van der Waals surface area contributed by atoms with Crippen molar-refractivity contribution < 1.29 is 23.5 Å². The molecule has 0 spiro atoms. The smallest absolute Gasteiger partial charge is 0.273 e.